The van der Waals surface area contributed by atoms with Gasteiger partial charge in [-0.15, -0.1) is 0 Å². The Morgan fingerprint density at radius 2 is 1.95 bits per heavy atom. The van der Waals surface area contributed by atoms with Gasteiger partial charge in [-0.25, -0.2) is 0 Å². The van der Waals surface area contributed by atoms with Crippen molar-refractivity contribution >= 4 is 23.2 Å². The molecule has 21 heavy (non-hydrogen) atoms. The Labute approximate surface area is 129 Å². The predicted molar refractivity (Wildman–Crippen MR) is 86.1 cm³/mol. The minimum Gasteiger partial charge on any atom is -0.481 e. The fourth-order valence-corrected chi connectivity index (χ4v) is 2.08. The Bertz CT molecular complexity index is 655. The van der Waals surface area contributed by atoms with Crippen molar-refractivity contribution in [2.45, 2.75) is 26.9 Å². The molecule has 0 aromatic heterocycles. The van der Waals surface area contributed by atoms with Gasteiger partial charge in [0.1, 0.15) is 5.75 Å². The lowest BCUT2D eigenvalue weighted by Crippen LogP contribution is -2.30. The summed E-state index contributed by atoms with van der Waals surface area (Å²) in [7, 11) is 0. The van der Waals surface area contributed by atoms with Gasteiger partial charge >= 0.3 is 0 Å². The van der Waals surface area contributed by atoms with E-state index in [1.807, 2.05) is 32.0 Å². The fourth-order valence-electron chi connectivity index (χ4n) is 1.90. The summed E-state index contributed by atoms with van der Waals surface area (Å²) in [6.07, 6.45) is -0.608. The normalized spacial score (nSPS) is 11.8. The molecule has 1 amide bonds. The summed E-state index contributed by atoms with van der Waals surface area (Å²) in [5.74, 6) is 0.384. The molecule has 0 saturated heterocycles. The first kappa shape index (κ1) is 15.4. The zero-order valence-electron chi connectivity index (χ0n) is 12.3. The first-order valence-corrected chi connectivity index (χ1v) is 7.14. The molecule has 0 heterocycles. The molecule has 0 unspecified atom stereocenters. The van der Waals surface area contributed by atoms with Crippen molar-refractivity contribution in [3.05, 3.63) is 58.6 Å². The van der Waals surface area contributed by atoms with Crippen molar-refractivity contribution in [2.75, 3.05) is 5.32 Å². The van der Waals surface area contributed by atoms with E-state index in [-0.39, 0.29) is 5.91 Å². The van der Waals surface area contributed by atoms with Gasteiger partial charge < -0.3 is 10.1 Å². The molecule has 0 spiro atoms. The third-order valence-electron chi connectivity index (χ3n) is 3.13. The molecule has 0 aliphatic rings. The van der Waals surface area contributed by atoms with Crippen LogP contribution in [0.4, 0.5) is 5.69 Å². The van der Waals surface area contributed by atoms with Crippen LogP contribution >= 0.6 is 11.6 Å². The van der Waals surface area contributed by atoms with Gasteiger partial charge in [-0.3, -0.25) is 4.79 Å². The summed E-state index contributed by atoms with van der Waals surface area (Å²) < 4.78 is 5.60. The van der Waals surface area contributed by atoms with E-state index in [9.17, 15) is 4.79 Å². The maximum absolute atomic E-state index is 12.2. The third kappa shape index (κ3) is 4.23. The molecule has 110 valence electrons. The first-order chi connectivity index (χ1) is 9.95. The van der Waals surface area contributed by atoms with Crippen molar-refractivity contribution < 1.29 is 9.53 Å². The quantitative estimate of drug-likeness (QED) is 0.911. The van der Waals surface area contributed by atoms with Crippen LogP contribution in [0.2, 0.25) is 5.02 Å². The lowest BCUT2D eigenvalue weighted by atomic mass is 10.1. The van der Waals surface area contributed by atoms with Crippen LogP contribution < -0.4 is 10.1 Å². The smallest absolute Gasteiger partial charge is 0.265 e. The van der Waals surface area contributed by atoms with Crippen LogP contribution in [-0.2, 0) is 4.79 Å². The summed E-state index contributed by atoms with van der Waals surface area (Å²) in [4.78, 5) is 12.2. The molecular formula is C17H18ClNO2. The van der Waals surface area contributed by atoms with Gasteiger partial charge in [0.05, 0.1) is 0 Å². The molecule has 2 aromatic rings. The minimum atomic E-state index is -0.608. The number of carbonyl (C=O) groups is 1. The summed E-state index contributed by atoms with van der Waals surface area (Å²) >= 11 is 5.90. The summed E-state index contributed by atoms with van der Waals surface area (Å²) in [5.41, 5.74) is 2.92. The number of anilines is 1. The van der Waals surface area contributed by atoms with Gasteiger partial charge in [-0.05, 0) is 56.2 Å². The highest BCUT2D eigenvalue weighted by Crippen LogP contribution is 2.20. The average Bonchev–Trinajstić information content (AvgIpc) is 2.43. The van der Waals surface area contributed by atoms with E-state index < -0.39 is 6.10 Å². The molecule has 0 aliphatic heterocycles. The zero-order chi connectivity index (χ0) is 15.4. The van der Waals surface area contributed by atoms with Crippen molar-refractivity contribution in [1.29, 1.82) is 0 Å². The fraction of sp³-hybridized carbons (Fsp3) is 0.235. The second-order valence-corrected chi connectivity index (χ2v) is 5.46. The average molecular weight is 304 g/mol. The molecule has 1 N–H and O–H groups in total. The molecule has 0 radical (unpaired) electrons. The number of carbonyl (C=O) groups excluding carboxylic acids is 1. The lowest BCUT2D eigenvalue weighted by molar-refractivity contribution is -0.122. The van der Waals surface area contributed by atoms with Crippen molar-refractivity contribution in [3.8, 4) is 5.75 Å². The lowest BCUT2D eigenvalue weighted by Gasteiger charge is -2.16. The number of rotatable bonds is 4. The van der Waals surface area contributed by atoms with E-state index in [2.05, 4.69) is 5.32 Å². The van der Waals surface area contributed by atoms with E-state index in [4.69, 9.17) is 16.3 Å². The summed E-state index contributed by atoms with van der Waals surface area (Å²) in [5, 5.41) is 3.47. The van der Waals surface area contributed by atoms with Crippen LogP contribution in [0.3, 0.4) is 0 Å². The number of ether oxygens (including phenoxy) is 1. The molecule has 0 bridgehead atoms. The number of nitrogens with one attached hydrogen (secondary N) is 1. The molecule has 0 fully saturated rings. The highest BCUT2D eigenvalue weighted by Gasteiger charge is 2.15. The molecule has 2 aromatic carbocycles. The number of halogens is 1. The van der Waals surface area contributed by atoms with Crippen molar-refractivity contribution in [2.24, 2.45) is 0 Å². The van der Waals surface area contributed by atoms with E-state index in [1.54, 1.807) is 31.2 Å². The summed E-state index contributed by atoms with van der Waals surface area (Å²) in [6.45, 7) is 5.65. The van der Waals surface area contributed by atoms with Crippen LogP contribution in [0.15, 0.2) is 42.5 Å². The van der Waals surface area contributed by atoms with Gasteiger partial charge in [0, 0.05) is 10.7 Å². The van der Waals surface area contributed by atoms with Crippen LogP contribution in [0.1, 0.15) is 18.1 Å². The number of hydrogen-bond donors (Lipinski definition) is 1. The van der Waals surface area contributed by atoms with Crippen molar-refractivity contribution in [3.63, 3.8) is 0 Å². The van der Waals surface area contributed by atoms with Gasteiger partial charge in [0.15, 0.2) is 6.10 Å². The highest BCUT2D eigenvalue weighted by molar-refractivity contribution is 6.30. The van der Waals surface area contributed by atoms with Gasteiger partial charge in [0.2, 0.25) is 0 Å². The molecular weight excluding hydrogens is 286 g/mol. The largest absolute Gasteiger partial charge is 0.481 e. The standard InChI is InChI=1S/C17H18ClNO2/c1-11-7-8-12(2)16(9-11)19-17(20)13(3)21-15-6-4-5-14(18)10-15/h4-10,13H,1-3H3,(H,19,20)/t13-/m1/s1. The topological polar surface area (TPSA) is 38.3 Å². The van der Waals surface area contributed by atoms with Gasteiger partial charge in [0.25, 0.3) is 5.91 Å². The van der Waals surface area contributed by atoms with E-state index in [0.29, 0.717) is 10.8 Å². The van der Waals surface area contributed by atoms with Gasteiger partial charge in [-0.2, -0.15) is 0 Å². The number of benzene rings is 2. The molecule has 0 saturated carbocycles. The molecule has 3 nitrogen and oxygen atoms in total. The highest BCUT2D eigenvalue weighted by atomic mass is 35.5. The van der Waals surface area contributed by atoms with E-state index in [1.165, 1.54) is 0 Å². The monoisotopic (exact) mass is 303 g/mol. The SMILES string of the molecule is Cc1ccc(C)c(NC(=O)[C@@H](C)Oc2cccc(Cl)c2)c1. The molecule has 0 aliphatic carbocycles. The maximum atomic E-state index is 12.2. The molecule has 4 heteroatoms. The number of aryl methyl sites for hydroxylation is 2. The van der Waals surface area contributed by atoms with Crippen LogP contribution in [0, 0.1) is 13.8 Å². The maximum Gasteiger partial charge on any atom is 0.265 e. The number of hydrogen-bond acceptors (Lipinski definition) is 2. The Kier molecular flexibility index (Phi) is 4.86. The van der Waals surface area contributed by atoms with E-state index in [0.717, 1.165) is 16.8 Å². The van der Waals surface area contributed by atoms with Crippen LogP contribution in [0.25, 0.3) is 0 Å². The molecule has 2 rings (SSSR count). The van der Waals surface area contributed by atoms with E-state index >= 15 is 0 Å². The Hall–Kier alpha value is -2.00. The minimum absolute atomic E-state index is 0.191. The van der Waals surface area contributed by atoms with Crippen LogP contribution in [-0.4, -0.2) is 12.0 Å². The second-order valence-electron chi connectivity index (χ2n) is 5.03. The Morgan fingerprint density at radius 3 is 2.67 bits per heavy atom. The second kappa shape index (κ2) is 6.64. The van der Waals surface area contributed by atoms with Crippen LogP contribution in [0.5, 0.6) is 5.75 Å². The zero-order valence-corrected chi connectivity index (χ0v) is 13.1. The Morgan fingerprint density at radius 1 is 1.19 bits per heavy atom. The van der Waals surface area contributed by atoms with Crippen molar-refractivity contribution in [1.82, 2.24) is 0 Å². The summed E-state index contributed by atoms with van der Waals surface area (Å²) in [6, 6.07) is 12.9. The first-order valence-electron chi connectivity index (χ1n) is 6.76. The third-order valence-corrected chi connectivity index (χ3v) is 3.36. The Balaban J connectivity index is 2.04. The number of amides is 1. The molecule has 1 atom stereocenters. The van der Waals surface area contributed by atoms with Gasteiger partial charge in [-0.1, -0.05) is 29.8 Å². The predicted octanol–water partition coefficient (Wildman–Crippen LogP) is 4.36.